The Hall–Kier alpha value is -1.75. The molecule has 1 aromatic carbocycles. The van der Waals surface area contributed by atoms with E-state index in [9.17, 15) is 15.0 Å². The number of phenols is 1. The Kier molecular flexibility index (Phi) is 3.18. The molecule has 0 aliphatic carbocycles. The average molecular weight is 266 g/mol. The van der Waals surface area contributed by atoms with Gasteiger partial charge in [-0.05, 0) is 6.92 Å². The first-order chi connectivity index (χ1) is 8.80. The smallest absolute Gasteiger partial charge is 0.217 e. The van der Waals surface area contributed by atoms with Crippen LogP contribution in [0.3, 0.4) is 0 Å². The zero-order valence-electron chi connectivity index (χ0n) is 11.5. The highest BCUT2D eigenvalue weighted by Crippen LogP contribution is 2.44. The van der Waals surface area contributed by atoms with Gasteiger partial charge in [0.25, 0.3) is 0 Å². The van der Waals surface area contributed by atoms with Gasteiger partial charge in [0.15, 0.2) is 5.78 Å². The monoisotopic (exact) mass is 266 g/mol. The molecule has 5 heteroatoms. The zero-order valence-corrected chi connectivity index (χ0v) is 11.5. The summed E-state index contributed by atoms with van der Waals surface area (Å²) in [7, 11) is 1.47. The summed E-state index contributed by atoms with van der Waals surface area (Å²) in [5.41, 5.74) is 0.594. The van der Waals surface area contributed by atoms with Crippen LogP contribution in [-0.2, 0) is 0 Å². The fourth-order valence-corrected chi connectivity index (χ4v) is 2.15. The molecule has 0 radical (unpaired) electrons. The van der Waals surface area contributed by atoms with Gasteiger partial charge in [0.1, 0.15) is 22.8 Å². The van der Waals surface area contributed by atoms with Gasteiger partial charge in [0.05, 0.1) is 13.5 Å². The molecule has 19 heavy (non-hydrogen) atoms. The van der Waals surface area contributed by atoms with E-state index in [-0.39, 0.29) is 35.2 Å². The maximum absolute atomic E-state index is 12.1. The first kappa shape index (κ1) is 13.7. The largest absolute Gasteiger partial charge is 0.507 e. The normalized spacial score (nSPS) is 22.1. The summed E-state index contributed by atoms with van der Waals surface area (Å²) in [4.78, 5) is 12.1. The SMILES string of the molecule is COc1cc2c(c(O)c1C)C(=O)CC(O)(C(C)C)O2. The third-order valence-electron chi connectivity index (χ3n) is 3.57. The number of rotatable bonds is 2. The predicted molar refractivity (Wildman–Crippen MR) is 68.8 cm³/mol. The Labute approximate surface area is 111 Å². The van der Waals surface area contributed by atoms with Crippen molar-refractivity contribution in [2.24, 2.45) is 5.92 Å². The summed E-state index contributed by atoms with van der Waals surface area (Å²) in [6.45, 7) is 5.19. The highest BCUT2D eigenvalue weighted by atomic mass is 16.6. The van der Waals surface area contributed by atoms with Crippen LogP contribution >= 0.6 is 0 Å². The van der Waals surface area contributed by atoms with Gasteiger partial charge in [-0.25, -0.2) is 0 Å². The molecule has 1 atom stereocenters. The van der Waals surface area contributed by atoms with Crippen LogP contribution in [0.15, 0.2) is 6.07 Å². The van der Waals surface area contributed by atoms with E-state index in [1.165, 1.54) is 13.2 Å². The lowest BCUT2D eigenvalue weighted by molar-refractivity contribution is -0.170. The van der Waals surface area contributed by atoms with E-state index in [1.807, 2.05) is 0 Å². The first-order valence-electron chi connectivity index (χ1n) is 6.15. The number of hydrogen-bond donors (Lipinski definition) is 2. The van der Waals surface area contributed by atoms with Crippen molar-refractivity contribution in [3.8, 4) is 17.2 Å². The molecule has 0 bridgehead atoms. The molecule has 1 aliphatic heterocycles. The van der Waals surface area contributed by atoms with E-state index in [0.29, 0.717) is 11.3 Å². The maximum atomic E-state index is 12.1. The minimum absolute atomic E-state index is 0.114. The summed E-state index contributed by atoms with van der Waals surface area (Å²) in [5.74, 6) is -1.70. The molecule has 0 saturated carbocycles. The third kappa shape index (κ3) is 2.04. The van der Waals surface area contributed by atoms with E-state index in [2.05, 4.69) is 0 Å². The fraction of sp³-hybridized carbons (Fsp3) is 0.500. The minimum Gasteiger partial charge on any atom is -0.507 e. The Morgan fingerprint density at radius 1 is 1.47 bits per heavy atom. The molecule has 2 rings (SSSR count). The van der Waals surface area contributed by atoms with E-state index in [1.54, 1.807) is 20.8 Å². The standard InChI is InChI=1S/C14H18O5/c1-7(2)14(17)6-9(15)12-11(19-14)5-10(18-4)8(3)13(12)16/h5,7,16-17H,6H2,1-4H3. The number of benzene rings is 1. The van der Waals surface area contributed by atoms with Crippen LogP contribution in [0.25, 0.3) is 0 Å². The number of carbonyl (C=O) groups excluding carboxylic acids is 1. The van der Waals surface area contributed by atoms with E-state index >= 15 is 0 Å². The van der Waals surface area contributed by atoms with Crippen LogP contribution in [0, 0.1) is 12.8 Å². The van der Waals surface area contributed by atoms with E-state index in [4.69, 9.17) is 9.47 Å². The lowest BCUT2D eigenvalue weighted by Gasteiger charge is -2.36. The number of aromatic hydroxyl groups is 1. The van der Waals surface area contributed by atoms with E-state index < -0.39 is 5.79 Å². The second-order valence-corrected chi connectivity index (χ2v) is 5.13. The minimum atomic E-state index is -1.54. The van der Waals surface area contributed by atoms with Gasteiger partial charge < -0.3 is 19.7 Å². The van der Waals surface area contributed by atoms with Gasteiger partial charge in [0, 0.05) is 17.5 Å². The quantitative estimate of drug-likeness (QED) is 0.856. The predicted octanol–water partition coefficient (Wildman–Crippen LogP) is 2.02. The fourth-order valence-electron chi connectivity index (χ4n) is 2.15. The van der Waals surface area contributed by atoms with Crippen molar-refractivity contribution >= 4 is 5.78 Å². The number of aliphatic hydroxyl groups is 1. The van der Waals surface area contributed by atoms with Crippen molar-refractivity contribution in [3.05, 3.63) is 17.2 Å². The van der Waals surface area contributed by atoms with Gasteiger partial charge in [-0.1, -0.05) is 13.8 Å². The van der Waals surface area contributed by atoms with Gasteiger partial charge in [-0.2, -0.15) is 0 Å². The lowest BCUT2D eigenvalue weighted by Crippen LogP contribution is -2.46. The molecule has 104 valence electrons. The molecular weight excluding hydrogens is 248 g/mol. The third-order valence-corrected chi connectivity index (χ3v) is 3.57. The molecule has 0 aromatic heterocycles. The maximum Gasteiger partial charge on any atom is 0.217 e. The number of methoxy groups -OCH3 is 1. The van der Waals surface area contributed by atoms with Gasteiger partial charge >= 0.3 is 0 Å². The average Bonchev–Trinajstić information content (AvgIpc) is 2.32. The summed E-state index contributed by atoms with van der Waals surface area (Å²) >= 11 is 0. The van der Waals surface area contributed by atoms with Crippen LogP contribution in [0.5, 0.6) is 17.2 Å². The van der Waals surface area contributed by atoms with E-state index in [0.717, 1.165) is 0 Å². The topological polar surface area (TPSA) is 76.0 Å². The van der Waals surface area contributed by atoms with Crippen molar-refractivity contribution in [1.82, 2.24) is 0 Å². The number of ketones is 1. The summed E-state index contributed by atoms with van der Waals surface area (Å²) in [6.07, 6.45) is -0.170. The molecule has 1 unspecified atom stereocenters. The molecule has 1 heterocycles. The lowest BCUT2D eigenvalue weighted by atomic mass is 9.89. The molecule has 1 aromatic rings. The van der Waals surface area contributed by atoms with Gasteiger partial charge in [0.2, 0.25) is 5.79 Å². The van der Waals surface area contributed by atoms with Crippen LogP contribution in [0.4, 0.5) is 0 Å². The summed E-state index contributed by atoms with van der Waals surface area (Å²) in [6, 6.07) is 1.52. The second-order valence-electron chi connectivity index (χ2n) is 5.13. The van der Waals surface area contributed by atoms with Crippen molar-refractivity contribution in [3.63, 3.8) is 0 Å². The number of hydrogen-bond acceptors (Lipinski definition) is 5. The van der Waals surface area contributed by atoms with Crippen LogP contribution < -0.4 is 9.47 Å². The second kappa shape index (κ2) is 4.42. The molecule has 0 amide bonds. The highest BCUT2D eigenvalue weighted by molar-refractivity contribution is 6.03. The van der Waals surface area contributed by atoms with Crippen LogP contribution in [-0.4, -0.2) is 28.9 Å². The molecule has 2 N–H and O–H groups in total. The summed E-state index contributed by atoms with van der Waals surface area (Å²) in [5, 5.41) is 20.4. The van der Waals surface area contributed by atoms with Crippen LogP contribution in [0.1, 0.15) is 36.2 Å². The van der Waals surface area contributed by atoms with Crippen LogP contribution in [0.2, 0.25) is 0 Å². The zero-order chi connectivity index (χ0) is 14.4. The molecule has 0 spiro atoms. The molecule has 5 nitrogen and oxygen atoms in total. The van der Waals surface area contributed by atoms with Gasteiger partial charge in [-0.15, -0.1) is 0 Å². The number of fused-ring (bicyclic) bond motifs is 1. The Morgan fingerprint density at radius 3 is 2.63 bits per heavy atom. The first-order valence-corrected chi connectivity index (χ1v) is 6.15. The van der Waals surface area contributed by atoms with Crippen molar-refractivity contribution in [2.45, 2.75) is 33.0 Å². The molecule has 0 fully saturated rings. The number of carbonyl (C=O) groups is 1. The van der Waals surface area contributed by atoms with Crippen molar-refractivity contribution in [1.29, 1.82) is 0 Å². The molecule has 1 aliphatic rings. The Balaban J connectivity index is 2.60. The van der Waals surface area contributed by atoms with Gasteiger partial charge in [-0.3, -0.25) is 4.79 Å². The number of phenolic OH excluding ortho intramolecular Hbond substituents is 1. The molecular formula is C14H18O5. The molecule has 0 saturated heterocycles. The Morgan fingerprint density at radius 2 is 2.11 bits per heavy atom. The number of ether oxygens (including phenoxy) is 2. The Bertz CT molecular complexity index is 535. The van der Waals surface area contributed by atoms with Crippen molar-refractivity contribution in [2.75, 3.05) is 7.11 Å². The number of Topliss-reactive ketones (excluding diaryl/α,β-unsaturated/α-hetero) is 1. The highest BCUT2D eigenvalue weighted by Gasteiger charge is 2.43. The van der Waals surface area contributed by atoms with Crippen molar-refractivity contribution < 1.29 is 24.5 Å². The summed E-state index contributed by atoms with van der Waals surface area (Å²) < 4.78 is 10.6.